The lowest BCUT2D eigenvalue weighted by Crippen LogP contribution is -2.50. The molecule has 3 heteroatoms. The van der Waals surface area contributed by atoms with Crippen LogP contribution in [0.2, 0.25) is 0 Å². The molecule has 1 aromatic carbocycles. The molecule has 150 valence electrons. The monoisotopic (exact) mass is 371 g/mol. The summed E-state index contributed by atoms with van der Waals surface area (Å²) in [5.74, 6) is 3.08. The van der Waals surface area contributed by atoms with Gasteiger partial charge < -0.3 is 14.7 Å². The second-order valence-electron chi connectivity index (χ2n) is 9.85. The summed E-state index contributed by atoms with van der Waals surface area (Å²) in [7, 11) is 1.75. The summed E-state index contributed by atoms with van der Waals surface area (Å²) >= 11 is 0. The smallest absolute Gasteiger partial charge is 0.119 e. The summed E-state index contributed by atoms with van der Waals surface area (Å²) < 4.78 is 5.56. The molecular weight excluding hydrogens is 334 g/mol. The quantitative estimate of drug-likeness (QED) is 0.764. The maximum atomic E-state index is 11.0. The van der Waals surface area contributed by atoms with Gasteiger partial charge in [0.25, 0.3) is 0 Å². The van der Waals surface area contributed by atoms with Gasteiger partial charge in [0.15, 0.2) is 0 Å². The average Bonchev–Trinajstić information content (AvgIpc) is 3.55. The van der Waals surface area contributed by atoms with E-state index in [1.807, 2.05) is 0 Å². The molecule has 1 heterocycles. The highest BCUT2D eigenvalue weighted by molar-refractivity contribution is 5.41. The lowest BCUT2D eigenvalue weighted by Gasteiger charge is -2.48. The van der Waals surface area contributed by atoms with E-state index >= 15 is 0 Å². The Morgan fingerprint density at radius 3 is 2.63 bits per heavy atom. The number of rotatable bonds is 7. The van der Waals surface area contributed by atoms with Crippen LogP contribution < -0.4 is 4.74 Å². The van der Waals surface area contributed by atoms with Crippen LogP contribution in [-0.2, 0) is 5.41 Å². The van der Waals surface area contributed by atoms with E-state index in [-0.39, 0.29) is 11.5 Å². The van der Waals surface area contributed by atoms with E-state index < -0.39 is 0 Å². The largest absolute Gasteiger partial charge is 0.497 e. The van der Waals surface area contributed by atoms with E-state index in [1.54, 1.807) is 7.11 Å². The van der Waals surface area contributed by atoms with E-state index in [0.29, 0.717) is 17.9 Å². The molecule has 3 fully saturated rings. The van der Waals surface area contributed by atoms with Gasteiger partial charge in [-0.05, 0) is 99.9 Å². The molecule has 0 aromatic heterocycles. The van der Waals surface area contributed by atoms with Crippen LogP contribution in [0.1, 0.15) is 63.5 Å². The van der Waals surface area contributed by atoms with E-state index in [4.69, 9.17) is 4.74 Å². The van der Waals surface area contributed by atoms with Crippen molar-refractivity contribution in [1.82, 2.24) is 4.90 Å². The Morgan fingerprint density at radius 1 is 1.30 bits per heavy atom. The minimum atomic E-state index is -0.173. The predicted octanol–water partition coefficient (Wildman–Crippen LogP) is 4.54. The zero-order valence-corrected chi connectivity index (χ0v) is 17.6. The first-order chi connectivity index (χ1) is 12.9. The van der Waals surface area contributed by atoms with Gasteiger partial charge in [0, 0.05) is 18.0 Å². The van der Waals surface area contributed by atoms with Gasteiger partial charge in [0.2, 0.25) is 0 Å². The minimum absolute atomic E-state index is 0.0693. The van der Waals surface area contributed by atoms with Gasteiger partial charge in [-0.15, -0.1) is 0 Å². The second kappa shape index (κ2) is 7.40. The second-order valence-corrected chi connectivity index (χ2v) is 9.85. The van der Waals surface area contributed by atoms with E-state index in [0.717, 1.165) is 37.5 Å². The van der Waals surface area contributed by atoms with Gasteiger partial charge in [0.05, 0.1) is 13.2 Å². The molecule has 1 N–H and O–H groups in total. The van der Waals surface area contributed by atoms with Crippen LogP contribution in [0.15, 0.2) is 18.2 Å². The fraction of sp³-hybridized carbons (Fsp3) is 0.750. The van der Waals surface area contributed by atoms with Crippen molar-refractivity contribution in [1.29, 1.82) is 0 Å². The number of hydrogen-bond acceptors (Lipinski definition) is 3. The van der Waals surface area contributed by atoms with Crippen molar-refractivity contribution in [3.05, 3.63) is 29.3 Å². The average molecular weight is 372 g/mol. The first-order valence-electron chi connectivity index (χ1n) is 11.0. The number of ether oxygens (including phenoxy) is 1. The third-order valence-electron chi connectivity index (χ3n) is 7.66. The molecule has 0 spiro atoms. The summed E-state index contributed by atoms with van der Waals surface area (Å²) in [6.07, 6.45) is 7.05. The molecule has 3 nitrogen and oxygen atoms in total. The van der Waals surface area contributed by atoms with Crippen LogP contribution in [0, 0.1) is 24.7 Å². The van der Waals surface area contributed by atoms with Crippen molar-refractivity contribution in [3.63, 3.8) is 0 Å². The Bertz CT molecular complexity index is 670. The van der Waals surface area contributed by atoms with Crippen LogP contribution in [0.5, 0.6) is 5.75 Å². The zero-order chi connectivity index (χ0) is 19.2. The number of hydrogen-bond donors (Lipinski definition) is 1. The molecule has 0 radical (unpaired) electrons. The number of likely N-dealkylation sites (tertiary alicyclic amines) is 1. The van der Waals surface area contributed by atoms with Crippen molar-refractivity contribution >= 4 is 0 Å². The van der Waals surface area contributed by atoms with Gasteiger partial charge in [-0.1, -0.05) is 13.0 Å². The molecule has 0 bridgehead atoms. The Hall–Kier alpha value is -1.06. The highest BCUT2D eigenvalue weighted by Gasteiger charge is 2.47. The van der Waals surface area contributed by atoms with Gasteiger partial charge in [-0.3, -0.25) is 0 Å². The minimum Gasteiger partial charge on any atom is -0.497 e. The first kappa shape index (κ1) is 19.3. The van der Waals surface area contributed by atoms with Crippen molar-refractivity contribution in [3.8, 4) is 5.75 Å². The third-order valence-corrected chi connectivity index (χ3v) is 7.66. The standard InChI is InChI=1S/C24H37NO2/c1-16-5-8-20(27-4)12-22(16)24(14-23(26)21-11-17(21)2)9-10-25(18(3)13-24)15-19-6-7-19/h5,8,12,17-19,21,23,26H,6-7,9-11,13-15H2,1-4H3/t17?,18-,21?,23?,24-/m1/s1. The van der Waals surface area contributed by atoms with Crippen LogP contribution >= 0.6 is 0 Å². The Labute approximate surface area is 165 Å². The number of nitrogens with zero attached hydrogens (tertiary/aromatic N) is 1. The number of aliphatic hydroxyl groups is 1. The molecule has 2 saturated carbocycles. The fourth-order valence-electron chi connectivity index (χ4n) is 5.56. The highest BCUT2D eigenvalue weighted by atomic mass is 16.5. The third kappa shape index (κ3) is 4.05. The van der Waals surface area contributed by atoms with E-state index in [2.05, 4.69) is 43.9 Å². The molecule has 3 unspecified atom stereocenters. The number of methoxy groups -OCH3 is 1. The molecule has 1 saturated heterocycles. The summed E-state index contributed by atoms with van der Waals surface area (Å²) in [5.41, 5.74) is 2.82. The Kier molecular flexibility index (Phi) is 5.28. The molecule has 1 aliphatic heterocycles. The summed E-state index contributed by atoms with van der Waals surface area (Å²) in [6.45, 7) is 9.33. The fourth-order valence-corrected chi connectivity index (χ4v) is 5.56. The molecule has 0 amide bonds. The van der Waals surface area contributed by atoms with Gasteiger partial charge in [-0.25, -0.2) is 0 Å². The maximum absolute atomic E-state index is 11.0. The van der Waals surface area contributed by atoms with Crippen LogP contribution in [0.4, 0.5) is 0 Å². The van der Waals surface area contributed by atoms with Gasteiger partial charge in [0.1, 0.15) is 5.75 Å². The Balaban J connectivity index is 1.61. The lowest BCUT2D eigenvalue weighted by molar-refractivity contribution is 0.0463. The zero-order valence-electron chi connectivity index (χ0n) is 17.6. The van der Waals surface area contributed by atoms with Crippen LogP contribution in [0.25, 0.3) is 0 Å². The molecule has 27 heavy (non-hydrogen) atoms. The maximum Gasteiger partial charge on any atom is 0.119 e. The summed E-state index contributed by atoms with van der Waals surface area (Å²) in [4.78, 5) is 2.71. The van der Waals surface area contributed by atoms with Gasteiger partial charge >= 0.3 is 0 Å². The van der Waals surface area contributed by atoms with Crippen LogP contribution in [0.3, 0.4) is 0 Å². The number of benzene rings is 1. The highest BCUT2D eigenvalue weighted by Crippen LogP contribution is 2.49. The predicted molar refractivity (Wildman–Crippen MR) is 110 cm³/mol. The molecule has 2 aliphatic carbocycles. The van der Waals surface area contributed by atoms with Crippen molar-refractivity contribution in [2.45, 2.75) is 76.9 Å². The Morgan fingerprint density at radius 2 is 2.04 bits per heavy atom. The SMILES string of the molecule is COc1ccc(C)c([C@]2(CC(O)C3CC3C)CCN(CC3CC3)[C@H](C)C2)c1. The van der Waals surface area contributed by atoms with Crippen molar-refractivity contribution < 1.29 is 9.84 Å². The number of piperidine rings is 1. The molecular formula is C24H37NO2. The molecule has 3 aliphatic rings. The first-order valence-corrected chi connectivity index (χ1v) is 11.0. The lowest BCUT2D eigenvalue weighted by atomic mass is 9.65. The molecule has 5 atom stereocenters. The topological polar surface area (TPSA) is 32.7 Å². The van der Waals surface area contributed by atoms with Crippen LogP contribution in [-0.4, -0.2) is 42.4 Å². The van der Waals surface area contributed by atoms with E-state index in [9.17, 15) is 5.11 Å². The molecule has 1 aromatic rings. The number of aryl methyl sites for hydroxylation is 1. The summed E-state index contributed by atoms with van der Waals surface area (Å²) in [6, 6.07) is 7.09. The normalized spacial score (nSPS) is 35.1. The van der Waals surface area contributed by atoms with E-state index in [1.165, 1.54) is 36.9 Å². The summed E-state index contributed by atoms with van der Waals surface area (Å²) in [5, 5.41) is 11.0. The van der Waals surface area contributed by atoms with Gasteiger partial charge in [-0.2, -0.15) is 0 Å². The van der Waals surface area contributed by atoms with Crippen molar-refractivity contribution in [2.75, 3.05) is 20.2 Å². The molecule has 4 rings (SSSR count). The number of aliphatic hydroxyl groups excluding tert-OH is 1. The van der Waals surface area contributed by atoms with Crippen molar-refractivity contribution in [2.24, 2.45) is 17.8 Å².